The first-order valence-corrected chi connectivity index (χ1v) is 6.56. The number of hydrogen-bond donors (Lipinski definition) is 1. The number of alkyl halides is 3. The lowest BCUT2D eigenvalue weighted by molar-refractivity contribution is -0.677. The summed E-state index contributed by atoms with van der Waals surface area (Å²) >= 11 is 0. The van der Waals surface area contributed by atoms with Crippen LogP contribution in [0, 0.1) is 6.92 Å². The highest BCUT2D eigenvalue weighted by atomic mass is 32.2. The maximum absolute atomic E-state index is 10.7. The normalized spacial score (nSPS) is 10.6. The van der Waals surface area contributed by atoms with Crippen molar-refractivity contribution >= 4 is 16.0 Å². The minimum absolute atomic E-state index is 0.481. The van der Waals surface area contributed by atoms with E-state index in [-0.39, 0.29) is 0 Å². The molecule has 11 heteroatoms. The minimum atomic E-state index is -6.09. The molecule has 0 saturated carbocycles. The highest BCUT2D eigenvalue weighted by Gasteiger charge is 2.36. The number of rotatable bonds is 1. The summed E-state index contributed by atoms with van der Waals surface area (Å²) < 4.78 is 63.1. The Bertz CT molecular complexity index is 559. The standard InChI is InChI=1S/C6H11N2.C3H5NO.CHF3O3S/c1-6-7(2)4-5-8(6)3;1-2-3(4)5;2-1(3,4)8(5,6)7/h4-5H,1-3H3;2H,1H2,(H2,4,5);(H,5,6,7)/q+1;;/p-1. The van der Waals surface area contributed by atoms with Gasteiger partial charge in [-0.2, -0.15) is 13.2 Å². The van der Waals surface area contributed by atoms with E-state index < -0.39 is 21.5 Å². The number of hydrogen-bond acceptors (Lipinski definition) is 4. The zero-order valence-corrected chi connectivity index (χ0v) is 12.4. The van der Waals surface area contributed by atoms with Crippen molar-refractivity contribution in [3.8, 4) is 0 Å². The highest BCUT2D eigenvalue weighted by molar-refractivity contribution is 7.86. The molecule has 0 spiro atoms. The monoisotopic (exact) mass is 331 g/mol. The van der Waals surface area contributed by atoms with Crippen LogP contribution >= 0.6 is 0 Å². The SMILES string of the molecule is C=CC(N)=O.Cc1n(C)cc[n+]1C.O=S(=O)([O-])C(F)(F)F. The van der Waals surface area contributed by atoms with Gasteiger partial charge < -0.3 is 10.3 Å². The van der Waals surface area contributed by atoms with Gasteiger partial charge in [-0.15, -0.1) is 0 Å². The van der Waals surface area contributed by atoms with Crippen molar-refractivity contribution in [3.05, 3.63) is 30.9 Å². The first kappa shape index (κ1) is 21.4. The molecule has 0 atom stereocenters. The van der Waals surface area contributed by atoms with Crippen LogP contribution < -0.4 is 10.3 Å². The Kier molecular flexibility index (Phi) is 8.58. The van der Waals surface area contributed by atoms with E-state index in [0.29, 0.717) is 0 Å². The van der Waals surface area contributed by atoms with Crippen molar-refractivity contribution < 1.29 is 35.5 Å². The van der Waals surface area contributed by atoms with Gasteiger partial charge >= 0.3 is 5.51 Å². The van der Waals surface area contributed by atoms with Gasteiger partial charge in [0.1, 0.15) is 12.4 Å². The fourth-order valence-corrected chi connectivity index (χ4v) is 0.665. The summed E-state index contributed by atoms with van der Waals surface area (Å²) in [6, 6.07) is 0. The van der Waals surface area contributed by atoms with Gasteiger partial charge in [0.15, 0.2) is 10.1 Å². The van der Waals surface area contributed by atoms with E-state index >= 15 is 0 Å². The van der Waals surface area contributed by atoms with Crippen LogP contribution in [-0.4, -0.2) is 29.0 Å². The Hall–Kier alpha value is -1.88. The van der Waals surface area contributed by atoms with Crippen molar-refractivity contribution in [2.45, 2.75) is 12.4 Å². The van der Waals surface area contributed by atoms with Crippen LogP contribution in [0.4, 0.5) is 13.2 Å². The van der Waals surface area contributed by atoms with Crippen molar-refractivity contribution in [3.63, 3.8) is 0 Å². The molecule has 0 fully saturated rings. The van der Waals surface area contributed by atoms with Crippen LogP contribution in [0.5, 0.6) is 0 Å². The molecule has 0 saturated heterocycles. The molecule has 1 amide bonds. The number of aromatic nitrogens is 2. The Morgan fingerprint density at radius 3 is 1.90 bits per heavy atom. The smallest absolute Gasteiger partial charge is 0.485 e. The number of carbonyl (C=O) groups is 1. The Balaban J connectivity index is 0. The third-order valence-electron chi connectivity index (χ3n) is 2.02. The Morgan fingerprint density at radius 2 is 1.86 bits per heavy atom. The summed E-state index contributed by atoms with van der Waals surface area (Å²) in [4.78, 5) is 9.47. The molecule has 21 heavy (non-hydrogen) atoms. The average molecular weight is 331 g/mol. The van der Waals surface area contributed by atoms with E-state index in [2.05, 4.69) is 28.4 Å². The molecular formula is C10H16F3N3O4S. The first-order valence-electron chi connectivity index (χ1n) is 5.15. The molecule has 0 aliphatic rings. The molecule has 0 aromatic carbocycles. The van der Waals surface area contributed by atoms with Crippen molar-refractivity contribution in [1.29, 1.82) is 0 Å². The lowest BCUT2D eigenvalue weighted by atomic mass is 10.6. The minimum Gasteiger partial charge on any atom is -0.741 e. The van der Waals surface area contributed by atoms with Gasteiger partial charge in [0.05, 0.1) is 14.1 Å². The lowest BCUT2D eigenvalue weighted by Crippen LogP contribution is -2.29. The molecule has 1 aromatic heterocycles. The molecule has 1 heterocycles. The fourth-order valence-electron chi connectivity index (χ4n) is 0.665. The summed E-state index contributed by atoms with van der Waals surface area (Å²) in [5, 5.41) is 0. The van der Waals surface area contributed by atoms with E-state index in [4.69, 9.17) is 13.0 Å². The number of amides is 1. The first-order chi connectivity index (χ1) is 9.24. The highest BCUT2D eigenvalue weighted by Crippen LogP contribution is 2.20. The van der Waals surface area contributed by atoms with Crippen molar-refractivity contribution in [1.82, 2.24) is 4.57 Å². The molecule has 122 valence electrons. The van der Waals surface area contributed by atoms with Gasteiger partial charge in [0, 0.05) is 6.92 Å². The quantitative estimate of drug-likeness (QED) is 0.334. The number of carbonyl (C=O) groups excluding carboxylic acids is 1. The molecule has 0 aliphatic heterocycles. The molecule has 1 rings (SSSR count). The molecule has 0 bridgehead atoms. The second kappa shape index (κ2) is 8.42. The molecule has 1 aromatic rings. The number of nitrogens with zero attached hydrogens (tertiary/aromatic N) is 2. The average Bonchev–Trinajstić information content (AvgIpc) is 2.59. The second-order valence-corrected chi connectivity index (χ2v) is 4.94. The number of halogens is 3. The summed E-state index contributed by atoms with van der Waals surface area (Å²) in [5.41, 5.74) is -1.11. The third kappa shape index (κ3) is 9.62. The fraction of sp³-hybridized carbons (Fsp3) is 0.400. The molecule has 0 unspecified atom stereocenters. The van der Waals surface area contributed by atoms with Gasteiger partial charge in [-0.1, -0.05) is 6.58 Å². The van der Waals surface area contributed by atoms with E-state index in [1.165, 1.54) is 5.82 Å². The van der Waals surface area contributed by atoms with Crippen LogP contribution in [0.3, 0.4) is 0 Å². The molecule has 0 aliphatic carbocycles. The largest absolute Gasteiger partial charge is 0.741 e. The number of nitrogens with two attached hydrogens (primary N) is 1. The summed E-state index contributed by atoms with van der Waals surface area (Å²) in [5.74, 6) is 0.787. The summed E-state index contributed by atoms with van der Waals surface area (Å²) in [7, 11) is -2.02. The zero-order valence-electron chi connectivity index (χ0n) is 11.6. The predicted molar refractivity (Wildman–Crippen MR) is 66.5 cm³/mol. The zero-order chi connectivity index (χ0) is 17.4. The summed E-state index contributed by atoms with van der Waals surface area (Å²) in [6.45, 7) is 5.17. The van der Waals surface area contributed by atoms with Crippen LogP contribution in [0.2, 0.25) is 0 Å². The number of primary amides is 1. The maximum Gasteiger partial charge on any atom is 0.485 e. The molecule has 0 radical (unpaired) electrons. The predicted octanol–water partition coefficient (Wildman–Crippen LogP) is -0.133. The van der Waals surface area contributed by atoms with Crippen LogP contribution in [0.25, 0.3) is 0 Å². The second-order valence-electron chi connectivity index (χ2n) is 3.57. The molecule has 7 nitrogen and oxygen atoms in total. The Labute approximate surface area is 120 Å². The van der Waals surface area contributed by atoms with E-state index in [9.17, 15) is 18.0 Å². The van der Waals surface area contributed by atoms with Crippen molar-refractivity contribution in [2.24, 2.45) is 19.8 Å². The molecule has 2 N–H and O–H groups in total. The molecular weight excluding hydrogens is 315 g/mol. The van der Waals surface area contributed by atoms with E-state index in [1.807, 2.05) is 26.5 Å². The lowest BCUT2D eigenvalue weighted by Gasteiger charge is -2.08. The van der Waals surface area contributed by atoms with Crippen molar-refractivity contribution in [2.75, 3.05) is 0 Å². The topological polar surface area (TPSA) is 109 Å². The van der Waals surface area contributed by atoms with Gasteiger partial charge in [-0.25, -0.2) is 17.6 Å². The summed E-state index contributed by atoms with van der Waals surface area (Å²) in [6.07, 6.45) is 5.13. The van der Waals surface area contributed by atoms with Crippen LogP contribution in [-0.2, 0) is 29.0 Å². The number of aryl methyl sites for hydroxylation is 2. The number of imidazole rings is 1. The van der Waals surface area contributed by atoms with Gasteiger partial charge in [-0.3, -0.25) is 4.79 Å². The van der Waals surface area contributed by atoms with Crippen LogP contribution in [0.1, 0.15) is 5.82 Å². The maximum atomic E-state index is 10.7. The third-order valence-corrected chi connectivity index (χ3v) is 2.59. The van der Waals surface area contributed by atoms with Gasteiger partial charge in [-0.05, 0) is 6.08 Å². The van der Waals surface area contributed by atoms with Gasteiger partial charge in [0.25, 0.3) is 5.82 Å². The van der Waals surface area contributed by atoms with E-state index in [0.717, 1.165) is 6.08 Å². The van der Waals surface area contributed by atoms with Gasteiger partial charge in [0.2, 0.25) is 5.91 Å². The van der Waals surface area contributed by atoms with Crippen LogP contribution in [0.15, 0.2) is 25.0 Å². The van der Waals surface area contributed by atoms with E-state index in [1.54, 1.807) is 0 Å². The Morgan fingerprint density at radius 1 is 1.52 bits per heavy atom.